The first-order valence-corrected chi connectivity index (χ1v) is 10.6. The molecule has 3 aromatic rings. The zero-order valence-electron chi connectivity index (χ0n) is 15.8. The van der Waals surface area contributed by atoms with Crippen molar-refractivity contribution in [1.82, 2.24) is 20.1 Å². The average molecular weight is 415 g/mol. The van der Waals surface area contributed by atoms with E-state index in [9.17, 15) is 4.79 Å². The van der Waals surface area contributed by atoms with Gasteiger partial charge in [-0.15, -0.1) is 10.2 Å². The minimum Gasteiger partial charge on any atom is -0.355 e. The van der Waals surface area contributed by atoms with E-state index < -0.39 is 0 Å². The van der Waals surface area contributed by atoms with E-state index in [0.717, 1.165) is 41.0 Å². The van der Waals surface area contributed by atoms with Gasteiger partial charge in [0.15, 0.2) is 5.16 Å². The van der Waals surface area contributed by atoms with Crippen LogP contribution in [0.5, 0.6) is 0 Å². The number of halogens is 1. The summed E-state index contributed by atoms with van der Waals surface area (Å²) in [6.07, 6.45) is 1.51. The summed E-state index contributed by atoms with van der Waals surface area (Å²) in [5.74, 6) is 1.23. The number of carbonyl (C=O) groups excluding carboxylic acids is 1. The summed E-state index contributed by atoms with van der Waals surface area (Å²) in [5.41, 5.74) is 2.34. The van der Waals surface area contributed by atoms with Gasteiger partial charge in [-0.1, -0.05) is 65.8 Å². The van der Waals surface area contributed by atoms with Gasteiger partial charge in [-0.25, -0.2) is 0 Å². The van der Waals surface area contributed by atoms with Gasteiger partial charge in [-0.3, -0.25) is 4.79 Å². The molecule has 1 amide bonds. The maximum absolute atomic E-state index is 12.1. The fourth-order valence-electron chi connectivity index (χ4n) is 2.83. The minimum atomic E-state index is -0.00535. The second-order valence-electron chi connectivity index (χ2n) is 6.32. The maximum atomic E-state index is 12.1. The molecule has 1 aromatic heterocycles. The molecular weight excluding hydrogens is 392 g/mol. The van der Waals surface area contributed by atoms with E-state index in [1.165, 1.54) is 17.3 Å². The molecule has 0 aliphatic rings. The SMILES string of the molecule is CCn1c(Cc2ccccc2)nnc1SCC(=O)NCCc1ccc(Cl)cc1. The van der Waals surface area contributed by atoms with E-state index in [1.807, 2.05) is 42.5 Å². The average Bonchev–Trinajstić information content (AvgIpc) is 3.10. The molecule has 0 fully saturated rings. The zero-order valence-corrected chi connectivity index (χ0v) is 17.3. The Morgan fingerprint density at radius 1 is 1.07 bits per heavy atom. The molecule has 7 heteroatoms. The fourth-order valence-corrected chi connectivity index (χ4v) is 3.81. The number of amides is 1. The van der Waals surface area contributed by atoms with Gasteiger partial charge in [-0.2, -0.15) is 0 Å². The van der Waals surface area contributed by atoms with Crippen LogP contribution in [0.1, 0.15) is 23.9 Å². The van der Waals surface area contributed by atoms with Crippen molar-refractivity contribution < 1.29 is 4.79 Å². The Bertz CT molecular complexity index is 897. The van der Waals surface area contributed by atoms with E-state index in [-0.39, 0.29) is 5.91 Å². The monoisotopic (exact) mass is 414 g/mol. The third-order valence-electron chi connectivity index (χ3n) is 4.30. The number of nitrogens with one attached hydrogen (secondary N) is 1. The first-order valence-electron chi connectivity index (χ1n) is 9.25. The molecule has 0 unspecified atom stereocenters. The Morgan fingerprint density at radius 3 is 2.54 bits per heavy atom. The molecule has 0 saturated carbocycles. The lowest BCUT2D eigenvalue weighted by molar-refractivity contribution is -0.118. The third-order valence-corrected chi connectivity index (χ3v) is 5.51. The topological polar surface area (TPSA) is 59.8 Å². The van der Waals surface area contributed by atoms with Crippen LogP contribution in [-0.4, -0.2) is 33.0 Å². The van der Waals surface area contributed by atoms with Crippen molar-refractivity contribution in [3.05, 3.63) is 76.6 Å². The molecule has 0 bridgehead atoms. The van der Waals surface area contributed by atoms with Crippen molar-refractivity contribution in [3.63, 3.8) is 0 Å². The molecule has 28 heavy (non-hydrogen) atoms. The van der Waals surface area contributed by atoms with Crippen LogP contribution < -0.4 is 5.32 Å². The smallest absolute Gasteiger partial charge is 0.230 e. The summed E-state index contributed by atoms with van der Waals surface area (Å²) in [6.45, 7) is 3.44. The highest BCUT2D eigenvalue weighted by Gasteiger charge is 2.13. The highest BCUT2D eigenvalue weighted by molar-refractivity contribution is 7.99. The standard InChI is InChI=1S/C21H23ClN4OS/c1-2-26-19(14-17-6-4-3-5-7-17)24-25-21(26)28-15-20(27)23-13-12-16-8-10-18(22)11-9-16/h3-11H,2,12-15H2,1H3,(H,23,27). The molecule has 0 atom stereocenters. The van der Waals surface area contributed by atoms with Crippen LogP contribution in [0.15, 0.2) is 59.8 Å². The number of hydrogen-bond acceptors (Lipinski definition) is 4. The lowest BCUT2D eigenvalue weighted by atomic mass is 10.1. The van der Waals surface area contributed by atoms with E-state index in [1.54, 1.807) is 0 Å². The van der Waals surface area contributed by atoms with Crippen LogP contribution in [0.3, 0.4) is 0 Å². The predicted molar refractivity (Wildman–Crippen MR) is 114 cm³/mol. The summed E-state index contributed by atoms with van der Waals surface area (Å²) in [6, 6.07) is 17.9. The summed E-state index contributed by atoms with van der Waals surface area (Å²) < 4.78 is 2.07. The number of benzene rings is 2. The van der Waals surface area contributed by atoms with Gasteiger partial charge >= 0.3 is 0 Å². The molecule has 0 spiro atoms. The zero-order chi connectivity index (χ0) is 19.8. The van der Waals surface area contributed by atoms with Crippen molar-refractivity contribution in [2.75, 3.05) is 12.3 Å². The van der Waals surface area contributed by atoms with Crippen molar-refractivity contribution in [3.8, 4) is 0 Å². The highest BCUT2D eigenvalue weighted by Crippen LogP contribution is 2.18. The largest absolute Gasteiger partial charge is 0.355 e. The molecule has 0 aliphatic carbocycles. The van der Waals surface area contributed by atoms with Gasteiger partial charge in [0.25, 0.3) is 0 Å². The van der Waals surface area contributed by atoms with Gasteiger partial charge in [0, 0.05) is 24.5 Å². The second-order valence-corrected chi connectivity index (χ2v) is 7.70. The van der Waals surface area contributed by atoms with Crippen molar-refractivity contribution in [2.45, 2.75) is 31.5 Å². The van der Waals surface area contributed by atoms with Gasteiger partial charge < -0.3 is 9.88 Å². The molecule has 5 nitrogen and oxygen atoms in total. The van der Waals surface area contributed by atoms with Crippen molar-refractivity contribution >= 4 is 29.3 Å². The first-order chi connectivity index (χ1) is 13.7. The van der Waals surface area contributed by atoms with Crippen LogP contribution in [0.4, 0.5) is 0 Å². The lowest BCUT2D eigenvalue weighted by Crippen LogP contribution is -2.27. The fraction of sp³-hybridized carbons (Fsp3) is 0.286. The number of rotatable bonds is 9. The number of nitrogens with zero attached hydrogens (tertiary/aromatic N) is 3. The molecule has 0 aliphatic heterocycles. The second kappa shape index (κ2) is 10.3. The van der Waals surface area contributed by atoms with E-state index >= 15 is 0 Å². The molecule has 3 rings (SSSR count). The summed E-state index contributed by atoms with van der Waals surface area (Å²) in [7, 11) is 0. The van der Waals surface area contributed by atoms with Crippen LogP contribution in [0.25, 0.3) is 0 Å². The van der Waals surface area contributed by atoms with Crippen LogP contribution in [0.2, 0.25) is 5.02 Å². The molecule has 0 radical (unpaired) electrons. The molecule has 146 valence electrons. The van der Waals surface area contributed by atoms with E-state index in [2.05, 4.69) is 39.1 Å². The maximum Gasteiger partial charge on any atom is 0.230 e. The summed E-state index contributed by atoms with van der Waals surface area (Å²) >= 11 is 7.30. The van der Waals surface area contributed by atoms with E-state index in [0.29, 0.717) is 12.3 Å². The van der Waals surface area contributed by atoms with Crippen molar-refractivity contribution in [1.29, 1.82) is 0 Å². The molecule has 2 aromatic carbocycles. The number of aromatic nitrogens is 3. The Balaban J connectivity index is 1.48. The number of carbonyl (C=O) groups is 1. The Labute approximate surface area is 174 Å². The van der Waals surface area contributed by atoms with Gasteiger partial charge in [-0.05, 0) is 36.6 Å². The highest BCUT2D eigenvalue weighted by atomic mass is 35.5. The molecular formula is C21H23ClN4OS. The molecule has 1 heterocycles. The Morgan fingerprint density at radius 2 is 1.82 bits per heavy atom. The van der Waals surface area contributed by atoms with Crippen molar-refractivity contribution in [2.24, 2.45) is 0 Å². The van der Waals surface area contributed by atoms with Gasteiger partial charge in [0.05, 0.1) is 5.75 Å². The van der Waals surface area contributed by atoms with Crippen LogP contribution in [0, 0.1) is 0 Å². The van der Waals surface area contributed by atoms with Crippen LogP contribution in [-0.2, 0) is 24.2 Å². The Hall–Kier alpha value is -2.31. The summed E-state index contributed by atoms with van der Waals surface area (Å²) in [4.78, 5) is 12.1. The number of hydrogen-bond donors (Lipinski definition) is 1. The van der Waals surface area contributed by atoms with Gasteiger partial charge in [0.1, 0.15) is 5.82 Å². The normalized spacial score (nSPS) is 10.8. The molecule has 0 saturated heterocycles. The van der Waals surface area contributed by atoms with Crippen LogP contribution >= 0.6 is 23.4 Å². The lowest BCUT2D eigenvalue weighted by Gasteiger charge is -2.08. The first kappa shape index (κ1) is 20.4. The Kier molecular flexibility index (Phi) is 7.51. The molecule has 1 N–H and O–H groups in total. The number of thioether (sulfide) groups is 1. The summed E-state index contributed by atoms with van der Waals surface area (Å²) in [5, 5.41) is 13.0. The van der Waals surface area contributed by atoms with E-state index in [4.69, 9.17) is 11.6 Å². The third kappa shape index (κ3) is 5.84. The minimum absolute atomic E-state index is 0.00535. The van der Waals surface area contributed by atoms with Gasteiger partial charge in [0.2, 0.25) is 5.91 Å². The predicted octanol–water partition coefficient (Wildman–Crippen LogP) is 3.99. The quantitative estimate of drug-likeness (QED) is 0.538.